The van der Waals surface area contributed by atoms with E-state index in [1.807, 2.05) is 0 Å². The number of nitrogen functional groups attached to an aromatic ring is 2. The predicted octanol–water partition coefficient (Wildman–Crippen LogP) is -0.831. The van der Waals surface area contributed by atoms with Crippen LogP contribution in [0, 0.1) is 0 Å². The second kappa shape index (κ2) is 10.9. The van der Waals surface area contributed by atoms with E-state index in [1.54, 1.807) is 17.8 Å². The van der Waals surface area contributed by atoms with Crippen molar-refractivity contribution in [1.29, 1.82) is 0 Å². The van der Waals surface area contributed by atoms with Gasteiger partial charge in [0.05, 0.1) is 0 Å². The lowest BCUT2D eigenvalue weighted by Crippen LogP contribution is -2.71. The molecule has 39 heavy (non-hydrogen) atoms. The summed E-state index contributed by atoms with van der Waals surface area (Å²) in [5.74, 6) is -1.91. The standard InChI is InChI=1S/C22H25N9O6S2/c1-22(2,8-32)37-29-13(12-7-39-21(24)27-12)17(33)28-14-18(34)31-15(20(35)36)10(6-38-19(14)31)4-30-5-11(23)16(25-3)26-9-30/h5,7-9,14,19H,4,6,23H2,1-3H3,(H4,24,27,28,33,35,36)/p+1/b29-13-/t14-,19?/m1/s1. The fourth-order valence-electron chi connectivity index (χ4n) is 3.80. The number of β-lactam (4-membered cyclic amide) rings is 1. The van der Waals surface area contributed by atoms with Crippen molar-refractivity contribution in [2.24, 2.45) is 5.16 Å². The second-order valence-electron chi connectivity index (χ2n) is 9.04. The van der Waals surface area contributed by atoms with Gasteiger partial charge in [-0.2, -0.15) is 0 Å². The largest absolute Gasteiger partial charge is 0.477 e. The highest BCUT2D eigenvalue weighted by Crippen LogP contribution is 2.40. The maximum absolute atomic E-state index is 13.2. The van der Waals surface area contributed by atoms with Gasteiger partial charge in [-0.15, -0.1) is 23.1 Å². The number of nitrogens with two attached hydrogens (primary N) is 2. The van der Waals surface area contributed by atoms with Crippen LogP contribution in [0.3, 0.4) is 0 Å². The Morgan fingerprint density at radius 3 is 2.74 bits per heavy atom. The molecule has 206 valence electrons. The van der Waals surface area contributed by atoms with E-state index >= 15 is 0 Å². The van der Waals surface area contributed by atoms with Crippen molar-refractivity contribution in [3.8, 4) is 0 Å². The van der Waals surface area contributed by atoms with Crippen LogP contribution in [0.1, 0.15) is 19.5 Å². The van der Waals surface area contributed by atoms with Crippen molar-refractivity contribution in [2.75, 3.05) is 29.6 Å². The number of rotatable bonds is 10. The Hall–Kier alpha value is -4.25. The number of nitrogens with one attached hydrogen (secondary N) is 2. The first-order valence-corrected chi connectivity index (χ1v) is 13.4. The van der Waals surface area contributed by atoms with Gasteiger partial charge in [-0.05, 0) is 18.8 Å². The number of nitrogens with zero attached hydrogens (tertiary/aromatic N) is 5. The van der Waals surface area contributed by atoms with Gasteiger partial charge in [0.25, 0.3) is 24.0 Å². The average Bonchev–Trinajstić information content (AvgIpc) is 3.32. The molecule has 4 heterocycles. The molecule has 0 bridgehead atoms. The van der Waals surface area contributed by atoms with Gasteiger partial charge in [0.15, 0.2) is 22.7 Å². The Bertz CT molecular complexity index is 1410. The number of carboxylic acid groups (broad SMARTS) is 1. The molecule has 2 aromatic heterocycles. The van der Waals surface area contributed by atoms with Gasteiger partial charge >= 0.3 is 5.97 Å². The van der Waals surface area contributed by atoms with Crippen molar-refractivity contribution < 1.29 is 33.7 Å². The quantitative estimate of drug-likeness (QED) is 0.0769. The zero-order valence-corrected chi connectivity index (χ0v) is 22.7. The highest BCUT2D eigenvalue weighted by atomic mass is 32.2. The molecule has 2 aromatic rings. The fourth-order valence-corrected chi connectivity index (χ4v) is 5.68. The minimum absolute atomic E-state index is 0.0965. The van der Waals surface area contributed by atoms with Gasteiger partial charge < -0.3 is 32.0 Å². The van der Waals surface area contributed by atoms with E-state index in [1.165, 1.54) is 37.3 Å². The Labute approximate surface area is 230 Å². The predicted molar refractivity (Wildman–Crippen MR) is 142 cm³/mol. The van der Waals surface area contributed by atoms with Crippen LogP contribution in [-0.2, 0) is 30.6 Å². The summed E-state index contributed by atoms with van der Waals surface area (Å²) in [6.45, 7) is 3.06. The number of anilines is 3. The molecule has 0 saturated carbocycles. The van der Waals surface area contributed by atoms with Gasteiger partial charge in [0.1, 0.15) is 41.2 Å². The third kappa shape index (κ3) is 5.63. The number of thioether (sulfide) groups is 1. The van der Waals surface area contributed by atoms with Crippen molar-refractivity contribution >= 4 is 69.5 Å². The minimum atomic E-state index is -1.32. The summed E-state index contributed by atoms with van der Waals surface area (Å²) in [4.78, 5) is 64.3. The Morgan fingerprint density at radius 1 is 1.41 bits per heavy atom. The van der Waals surface area contributed by atoms with Crippen molar-refractivity contribution in [3.05, 3.63) is 34.9 Å². The molecular formula is C22H26N9O6S2+. The van der Waals surface area contributed by atoms with Crippen molar-refractivity contribution in [3.63, 3.8) is 0 Å². The molecule has 1 unspecified atom stereocenters. The monoisotopic (exact) mass is 576 g/mol. The lowest BCUT2D eigenvalue weighted by atomic mass is 10.0. The first-order valence-electron chi connectivity index (χ1n) is 11.4. The second-order valence-corrected chi connectivity index (χ2v) is 11.0. The number of thiazole rings is 1. The zero-order chi connectivity index (χ0) is 28.5. The molecular weight excluding hydrogens is 550 g/mol. The van der Waals surface area contributed by atoms with Crippen LogP contribution in [0.15, 0.2) is 34.3 Å². The molecule has 1 fully saturated rings. The molecule has 0 spiro atoms. The van der Waals surface area contributed by atoms with Crippen molar-refractivity contribution in [1.82, 2.24) is 20.2 Å². The maximum Gasteiger partial charge on any atom is 0.352 e. The highest BCUT2D eigenvalue weighted by Gasteiger charge is 2.54. The molecule has 2 aliphatic heterocycles. The minimum Gasteiger partial charge on any atom is -0.477 e. The van der Waals surface area contributed by atoms with Crippen LogP contribution < -0.4 is 26.7 Å². The molecule has 2 amide bonds. The number of aldehydes is 1. The zero-order valence-electron chi connectivity index (χ0n) is 21.1. The third-order valence-electron chi connectivity index (χ3n) is 5.70. The summed E-state index contributed by atoms with van der Waals surface area (Å²) in [5.41, 5.74) is 10.8. The van der Waals surface area contributed by atoms with Gasteiger partial charge in [-0.1, -0.05) is 5.16 Å². The number of carboxylic acids is 1. The summed E-state index contributed by atoms with van der Waals surface area (Å²) in [6, 6.07) is -1.03. The number of carbonyl (C=O) groups is 4. The molecule has 0 aliphatic carbocycles. The van der Waals surface area contributed by atoms with E-state index in [4.69, 9.17) is 16.3 Å². The van der Waals surface area contributed by atoms with E-state index < -0.39 is 34.8 Å². The molecule has 7 N–H and O–H groups in total. The lowest BCUT2D eigenvalue weighted by Gasteiger charge is -2.49. The summed E-state index contributed by atoms with van der Waals surface area (Å²) in [6.07, 6.45) is 3.64. The van der Waals surface area contributed by atoms with Crippen LogP contribution in [0.2, 0.25) is 0 Å². The Morgan fingerprint density at radius 2 is 2.15 bits per heavy atom. The molecule has 0 radical (unpaired) electrons. The first-order chi connectivity index (χ1) is 18.5. The number of hydrogen-bond acceptors (Lipinski definition) is 13. The first kappa shape index (κ1) is 27.8. The summed E-state index contributed by atoms with van der Waals surface area (Å²) in [7, 11) is 1.68. The van der Waals surface area contributed by atoms with Gasteiger partial charge in [-0.3, -0.25) is 19.3 Å². The van der Waals surface area contributed by atoms with Crippen LogP contribution in [-0.4, -0.2) is 79.6 Å². The van der Waals surface area contributed by atoms with Crippen LogP contribution in [0.25, 0.3) is 0 Å². The van der Waals surface area contributed by atoms with Crippen LogP contribution in [0.4, 0.5) is 16.6 Å². The third-order valence-corrected chi connectivity index (χ3v) is 7.71. The number of hydrogen-bond donors (Lipinski definition) is 5. The highest BCUT2D eigenvalue weighted by molar-refractivity contribution is 8.00. The molecule has 17 heteroatoms. The molecule has 1 saturated heterocycles. The number of aliphatic carboxylic acids is 1. The number of oxime groups is 1. The lowest BCUT2D eigenvalue weighted by molar-refractivity contribution is -0.691. The van der Waals surface area contributed by atoms with E-state index in [-0.39, 0.29) is 34.5 Å². The molecule has 2 aliphatic rings. The maximum atomic E-state index is 13.2. The summed E-state index contributed by atoms with van der Waals surface area (Å²) in [5, 5.41) is 20.2. The number of aromatic nitrogens is 3. The normalized spacial score (nSPS) is 19.2. The Balaban J connectivity index is 1.55. The molecule has 0 aromatic carbocycles. The summed E-state index contributed by atoms with van der Waals surface area (Å²) < 4.78 is 1.63. The fraction of sp³-hybridized carbons (Fsp3) is 0.364. The van der Waals surface area contributed by atoms with E-state index in [0.717, 1.165) is 16.2 Å². The molecule has 2 atom stereocenters. The SMILES string of the molecule is CNc1nc[n+](CC2=C(C(=O)O)N3C(=O)[C@@H](NC(=O)/C(=N\OC(C)(C)C=O)c4csc(N)n4)C3SC2)cc1N. The van der Waals surface area contributed by atoms with Gasteiger partial charge in [0.2, 0.25) is 0 Å². The average molecular weight is 577 g/mol. The number of amides is 2. The summed E-state index contributed by atoms with van der Waals surface area (Å²) >= 11 is 2.37. The molecule has 4 rings (SSSR count). The number of fused-ring (bicyclic) bond motifs is 1. The molecule has 15 nitrogen and oxygen atoms in total. The van der Waals surface area contributed by atoms with Crippen LogP contribution in [0.5, 0.6) is 0 Å². The van der Waals surface area contributed by atoms with E-state index in [9.17, 15) is 24.3 Å². The van der Waals surface area contributed by atoms with Crippen molar-refractivity contribution in [2.45, 2.75) is 37.4 Å². The smallest absolute Gasteiger partial charge is 0.352 e. The van der Waals surface area contributed by atoms with Gasteiger partial charge in [0, 0.05) is 23.8 Å². The topological polar surface area (TPSA) is 219 Å². The van der Waals surface area contributed by atoms with Crippen LogP contribution >= 0.6 is 23.1 Å². The number of carbonyl (C=O) groups excluding carboxylic acids is 3. The van der Waals surface area contributed by atoms with E-state index in [0.29, 0.717) is 23.4 Å². The Kier molecular flexibility index (Phi) is 7.73. The van der Waals surface area contributed by atoms with E-state index in [2.05, 4.69) is 25.8 Å². The van der Waals surface area contributed by atoms with Gasteiger partial charge in [-0.25, -0.2) is 14.3 Å².